The summed E-state index contributed by atoms with van der Waals surface area (Å²) in [5.74, 6) is 7.00. The number of hydrogen-bond acceptors (Lipinski definition) is 4. The van der Waals surface area contributed by atoms with Crippen LogP contribution in [-0.2, 0) is 6.54 Å². The molecule has 0 bridgehead atoms. The van der Waals surface area contributed by atoms with E-state index in [2.05, 4.69) is 20.9 Å². The Labute approximate surface area is 137 Å². The van der Waals surface area contributed by atoms with Crippen molar-refractivity contribution in [1.29, 1.82) is 0 Å². The van der Waals surface area contributed by atoms with E-state index >= 15 is 0 Å². The zero-order valence-electron chi connectivity index (χ0n) is 12.4. The Balaban J connectivity index is 2.04. The molecule has 7 heteroatoms. The van der Waals surface area contributed by atoms with Gasteiger partial charge in [-0.25, -0.2) is 10.8 Å². The van der Waals surface area contributed by atoms with Crippen molar-refractivity contribution < 1.29 is 9.53 Å². The lowest BCUT2D eigenvalue weighted by Gasteiger charge is -2.19. The van der Waals surface area contributed by atoms with Crippen molar-refractivity contribution in [3.8, 4) is 17.1 Å². The van der Waals surface area contributed by atoms with Crippen LogP contribution in [0.2, 0.25) is 0 Å². The van der Waals surface area contributed by atoms with Gasteiger partial charge in [-0.15, -0.1) is 0 Å². The lowest BCUT2D eigenvalue weighted by Crippen LogP contribution is -2.42. The van der Waals surface area contributed by atoms with Gasteiger partial charge in [0, 0.05) is 16.7 Å². The number of hydrazine groups is 1. The number of amides is 1. The number of nitrogens with two attached hydrogens (primary N) is 1. The molecular formula is C15H17BrN4O2. The summed E-state index contributed by atoms with van der Waals surface area (Å²) in [5.41, 5.74) is 1.22. The van der Waals surface area contributed by atoms with Crippen LogP contribution in [0.1, 0.15) is 24.3 Å². The van der Waals surface area contributed by atoms with Gasteiger partial charge in [0.25, 0.3) is 5.91 Å². The number of fused-ring (bicyclic) bond motifs is 3. The second-order valence-electron chi connectivity index (χ2n) is 5.44. The lowest BCUT2D eigenvalue weighted by atomic mass is 10.2. The molecule has 0 atom stereocenters. The fourth-order valence-electron chi connectivity index (χ4n) is 2.33. The minimum atomic E-state index is -0.282. The number of imidazole rings is 1. The molecule has 1 aliphatic heterocycles. The zero-order chi connectivity index (χ0) is 15.9. The summed E-state index contributed by atoms with van der Waals surface area (Å²) in [4.78, 5) is 16.8. The molecule has 0 radical (unpaired) electrons. The predicted octanol–water partition coefficient (Wildman–Crippen LogP) is 2.43. The molecule has 1 amide bonds. The van der Waals surface area contributed by atoms with Crippen LogP contribution in [0.25, 0.3) is 11.4 Å². The minimum Gasteiger partial charge on any atom is -0.491 e. The molecule has 2 aromatic rings. The van der Waals surface area contributed by atoms with E-state index in [0.29, 0.717) is 18.8 Å². The smallest absolute Gasteiger partial charge is 0.288 e. The first-order valence-electron chi connectivity index (χ1n) is 7.05. The van der Waals surface area contributed by atoms with Crippen LogP contribution < -0.4 is 10.6 Å². The molecule has 3 rings (SSSR count). The van der Waals surface area contributed by atoms with Crippen molar-refractivity contribution in [3.63, 3.8) is 0 Å². The van der Waals surface area contributed by atoms with E-state index in [1.165, 1.54) is 5.01 Å². The molecule has 0 saturated heterocycles. The summed E-state index contributed by atoms with van der Waals surface area (Å²) < 4.78 is 8.62. The molecule has 0 saturated carbocycles. The third-order valence-electron chi connectivity index (χ3n) is 3.56. The van der Waals surface area contributed by atoms with E-state index < -0.39 is 0 Å². The summed E-state index contributed by atoms with van der Waals surface area (Å²) in [5, 5.41) is 1.20. The molecule has 1 aliphatic rings. The van der Waals surface area contributed by atoms with Crippen molar-refractivity contribution in [2.24, 2.45) is 5.84 Å². The SMILES string of the molecule is CC(C)N(N)C(=O)c1cn2c(n1)-c1ccc(Br)cc1OCC2. The largest absolute Gasteiger partial charge is 0.491 e. The molecule has 1 aromatic carbocycles. The van der Waals surface area contributed by atoms with Crippen molar-refractivity contribution in [2.75, 3.05) is 6.61 Å². The highest BCUT2D eigenvalue weighted by Crippen LogP contribution is 2.34. The van der Waals surface area contributed by atoms with E-state index in [-0.39, 0.29) is 11.9 Å². The molecule has 0 aliphatic carbocycles. The highest BCUT2D eigenvalue weighted by Gasteiger charge is 2.23. The monoisotopic (exact) mass is 364 g/mol. The van der Waals surface area contributed by atoms with Crippen LogP contribution >= 0.6 is 15.9 Å². The number of carbonyl (C=O) groups excluding carboxylic acids is 1. The predicted molar refractivity (Wildman–Crippen MR) is 86.4 cm³/mol. The first-order valence-corrected chi connectivity index (χ1v) is 7.85. The maximum Gasteiger partial charge on any atom is 0.288 e. The van der Waals surface area contributed by atoms with Crippen LogP contribution in [0, 0.1) is 0 Å². The Morgan fingerprint density at radius 1 is 1.50 bits per heavy atom. The Morgan fingerprint density at radius 3 is 3.00 bits per heavy atom. The second kappa shape index (κ2) is 5.73. The van der Waals surface area contributed by atoms with Gasteiger partial charge >= 0.3 is 0 Å². The number of rotatable bonds is 2. The Hall–Kier alpha value is -1.86. The maximum atomic E-state index is 12.3. The van der Waals surface area contributed by atoms with Gasteiger partial charge in [0.15, 0.2) is 0 Å². The molecule has 1 aromatic heterocycles. The average Bonchev–Trinajstić information content (AvgIpc) is 2.82. The number of carbonyl (C=O) groups is 1. The van der Waals surface area contributed by atoms with Crippen LogP contribution in [0.15, 0.2) is 28.9 Å². The van der Waals surface area contributed by atoms with E-state index in [4.69, 9.17) is 10.6 Å². The molecule has 0 spiro atoms. The summed E-state index contributed by atoms with van der Waals surface area (Å²) in [6, 6.07) is 5.68. The number of hydrogen-bond donors (Lipinski definition) is 1. The Bertz CT molecular complexity index is 726. The highest BCUT2D eigenvalue weighted by molar-refractivity contribution is 9.10. The van der Waals surface area contributed by atoms with E-state index in [0.717, 1.165) is 21.6 Å². The van der Waals surface area contributed by atoms with Gasteiger partial charge in [-0.2, -0.15) is 0 Å². The standard InChI is InChI=1S/C15H17BrN4O2/c1-9(2)20(17)15(21)12-8-19-5-6-22-13-7-10(16)3-4-11(13)14(19)18-12/h3-4,7-9H,5-6,17H2,1-2H3. The number of nitrogens with zero attached hydrogens (tertiary/aromatic N) is 3. The molecule has 0 fully saturated rings. The van der Waals surface area contributed by atoms with E-state index in [1.54, 1.807) is 6.20 Å². The molecule has 22 heavy (non-hydrogen) atoms. The van der Waals surface area contributed by atoms with E-state index in [1.807, 2.05) is 36.6 Å². The molecule has 0 unspecified atom stereocenters. The quantitative estimate of drug-likeness (QED) is 0.504. The van der Waals surface area contributed by atoms with Gasteiger partial charge in [-0.05, 0) is 32.0 Å². The van der Waals surface area contributed by atoms with Crippen LogP contribution in [0.5, 0.6) is 5.75 Å². The first kappa shape index (κ1) is 15.1. The zero-order valence-corrected chi connectivity index (χ0v) is 14.0. The normalized spacial score (nSPS) is 13.1. The number of halogens is 1. The highest BCUT2D eigenvalue weighted by atomic mass is 79.9. The summed E-state index contributed by atoms with van der Waals surface area (Å²) in [6.07, 6.45) is 1.74. The second-order valence-corrected chi connectivity index (χ2v) is 6.35. The van der Waals surface area contributed by atoms with Gasteiger partial charge in [0.05, 0.1) is 12.1 Å². The third kappa shape index (κ3) is 2.62. The maximum absolute atomic E-state index is 12.3. The van der Waals surface area contributed by atoms with Gasteiger partial charge in [0.2, 0.25) is 0 Å². The van der Waals surface area contributed by atoms with E-state index in [9.17, 15) is 4.79 Å². The van der Waals surface area contributed by atoms with Gasteiger partial charge in [0.1, 0.15) is 23.9 Å². The fraction of sp³-hybridized carbons (Fsp3) is 0.333. The minimum absolute atomic E-state index is 0.0828. The van der Waals surface area contributed by atoms with Crippen LogP contribution in [0.3, 0.4) is 0 Å². The van der Waals surface area contributed by atoms with Crippen molar-refractivity contribution >= 4 is 21.8 Å². The molecule has 6 nitrogen and oxygen atoms in total. The van der Waals surface area contributed by atoms with Crippen LogP contribution in [-0.4, -0.2) is 33.1 Å². The topological polar surface area (TPSA) is 73.4 Å². The van der Waals surface area contributed by atoms with Crippen LogP contribution in [0.4, 0.5) is 0 Å². The lowest BCUT2D eigenvalue weighted by molar-refractivity contribution is 0.0700. The van der Waals surface area contributed by atoms with Crippen molar-refractivity contribution in [1.82, 2.24) is 14.6 Å². The Morgan fingerprint density at radius 2 is 2.27 bits per heavy atom. The molecule has 2 N–H and O–H groups in total. The number of ether oxygens (including phenoxy) is 1. The first-order chi connectivity index (χ1) is 10.5. The molecule has 2 heterocycles. The van der Waals surface area contributed by atoms with Crippen molar-refractivity contribution in [2.45, 2.75) is 26.4 Å². The van der Waals surface area contributed by atoms with Gasteiger partial charge < -0.3 is 9.30 Å². The number of aromatic nitrogens is 2. The fourth-order valence-corrected chi connectivity index (χ4v) is 2.67. The Kier molecular flexibility index (Phi) is 3.92. The summed E-state index contributed by atoms with van der Waals surface area (Å²) in [6.45, 7) is 4.88. The summed E-state index contributed by atoms with van der Waals surface area (Å²) in [7, 11) is 0. The van der Waals surface area contributed by atoms with Crippen molar-refractivity contribution in [3.05, 3.63) is 34.6 Å². The average molecular weight is 365 g/mol. The third-order valence-corrected chi connectivity index (χ3v) is 4.05. The van der Waals surface area contributed by atoms with Gasteiger partial charge in [-0.3, -0.25) is 9.80 Å². The molecular weight excluding hydrogens is 348 g/mol. The van der Waals surface area contributed by atoms with Gasteiger partial charge in [-0.1, -0.05) is 15.9 Å². The number of benzene rings is 1. The molecule has 116 valence electrons. The summed E-state index contributed by atoms with van der Waals surface area (Å²) >= 11 is 3.43.